The fourth-order valence-corrected chi connectivity index (χ4v) is 3.42. The summed E-state index contributed by atoms with van der Waals surface area (Å²) in [6, 6.07) is 13.8. The van der Waals surface area contributed by atoms with Crippen LogP contribution in [0.3, 0.4) is 0 Å². The van der Waals surface area contributed by atoms with Gasteiger partial charge >= 0.3 is 5.97 Å². The van der Waals surface area contributed by atoms with Gasteiger partial charge in [-0.25, -0.2) is 4.79 Å². The van der Waals surface area contributed by atoms with E-state index < -0.39 is 22.8 Å². The number of nitrogens with zero attached hydrogens (tertiary/aromatic N) is 1. The second-order valence-corrected chi connectivity index (χ2v) is 7.26. The van der Waals surface area contributed by atoms with Crippen molar-refractivity contribution in [1.82, 2.24) is 5.32 Å². The number of hydrogen-bond acceptors (Lipinski definition) is 8. The fraction of sp³-hybridized carbons (Fsp3) is 0.217. The van der Waals surface area contributed by atoms with E-state index in [0.29, 0.717) is 16.9 Å². The molecule has 4 rings (SSSR count). The van der Waals surface area contributed by atoms with E-state index >= 15 is 0 Å². The summed E-state index contributed by atoms with van der Waals surface area (Å²) in [5.74, 6) is -0.821. The number of furan rings is 1. The first-order valence-electron chi connectivity index (χ1n) is 10.1. The average Bonchev–Trinajstić information content (AvgIpc) is 3.37. The molecule has 0 saturated heterocycles. The first-order chi connectivity index (χ1) is 16.0. The van der Waals surface area contributed by atoms with Gasteiger partial charge in [0.05, 0.1) is 17.8 Å². The first kappa shape index (κ1) is 22.0. The van der Waals surface area contributed by atoms with Crippen molar-refractivity contribution < 1.29 is 33.1 Å². The van der Waals surface area contributed by atoms with Gasteiger partial charge < -0.3 is 23.9 Å². The van der Waals surface area contributed by atoms with Crippen molar-refractivity contribution in [2.75, 3.05) is 6.79 Å². The third-order valence-corrected chi connectivity index (χ3v) is 4.97. The molecule has 1 atom stereocenters. The predicted octanol–water partition coefficient (Wildman–Crippen LogP) is 3.14. The van der Waals surface area contributed by atoms with Crippen LogP contribution in [0, 0.1) is 10.1 Å². The van der Waals surface area contributed by atoms with Gasteiger partial charge in [-0.3, -0.25) is 14.9 Å². The van der Waals surface area contributed by atoms with Crippen LogP contribution >= 0.6 is 0 Å². The Morgan fingerprint density at radius 3 is 2.70 bits per heavy atom. The van der Waals surface area contributed by atoms with E-state index in [1.165, 1.54) is 24.5 Å². The molecule has 0 spiro atoms. The van der Waals surface area contributed by atoms with Crippen molar-refractivity contribution in [3.8, 4) is 5.75 Å². The number of carbonyl (C=O) groups excluding carboxylic acids is 2. The molecule has 3 aromatic rings. The molecule has 2 aromatic carbocycles. The normalized spacial score (nSPS) is 13.3. The molecule has 170 valence electrons. The molecular weight excluding hydrogens is 432 g/mol. The molecule has 1 aliphatic heterocycles. The molecule has 0 saturated carbocycles. The summed E-state index contributed by atoms with van der Waals surface area (Å²) in [5, 5.41) is 13.9. The number of fused-ring (bicyclic) bond motifs is 1. The number of esters is 1. The number of carbonyl (C=O) groups is 2. The van der Waals surface area contributed by atoms with Gasteiger partial charge in [-0.05, 0) is 17.7 Å². The molecule has 1 aromatic heterocycles. The second-order valence-electron chi connectivity index (χ2n) is 7.26. The van der Waals surface area contributed by atoms with Crippen LogP contribution in [-0.2, 0) is 33.9 Å². The molecule has 0 radical (unpaired) electrons. The lowest BCUT2D eigenvalue weighted by molar-refractivity contribution is -0.385. The zero-order valence-electron chi connectivity index (χ0n) is 17.4. The Balaban J connectivity index is 1.52. The maximum absolute atomic E-state index is 12.9. The lowest BCUT2D eigenvalue weighted by atomic mass is 10.1. The minimum Gasteiger partial charge on any atom is -0.467 e. The lowest BCUT2D eigenvalue weighted by Crippen LogP contribution is -2.43. The topological polar surface area (TPSA) is 130 Å². The Morgan fingerprint density at radius 1 is 1.15 bits per heavy atom. The Hall–Kier alpha value is -4.18. The highest BCUT2D eigenvalue weighted by atomic mass is 16.7. The summed E-state index contributed by atoms with van der Waals surface area (Å²) in [6.07, 6.45) is 1.54. The summed E-state index contributed by atoms with van der Waals surface area (Å²) in [5.41, 5.74) is 1.48. The van der Waals surface area contributed by atoms with E-state index in [9.17, 15) is 19.7 Å². The Labute approximate surface area is 188 Å². The van der Waals surface area contributed by atoms with Crippen LogP contribution in [0.4, 0.5) is 5.69 Å². The highest BCUT2D eigenvalue weighted by Crippen LogP contribution is 2.33. The maximum Gasteiger partial charge on any atom is 0.329 e. The molecule has 1 unspecified atom stereocenters. The van der Waals surface area contributed by atoms with Gasteiger partial charge in [-0.15, -0.1) is 0 Å². The first-order valence-corrected chi connectivity index (χ1v) is 10.1. The van der Waals surface area contributed by atoms with Gasteiger partial charge in [0.15, 0.2) is 12.6 Å². The number of nitrogens with one attached hydrogen (secondary N) is 1. The molecule has 10 heteroatoms. The highest BCUT2D eigenvalue weighted by molar-refractivity contribution is 5.94. The summed E-state index contributed by atoms with van der Waals surface area (Å²) in [7, 11) is 0. The number of nitro benzene ring substituents is 1. The number of ether oxygens (including phenoxy) is 3. The monoisotopic (exact) mass is 452 g/mol. The zero-order valence-corrected chi connectivity index (χ0v) is 17.4. The third kappa shape index (κ3) is 5.36. The number of non-ortho nitro benzene ring substituents is 1. The quantitative estimate of drug-likeness (QED) is 0.313. The van der Waals surface area contributed by atoms with Crippen molar-refractivity contribution in [3.05, 3.63) is 93.4 Å². The van der Waals surface area contributed by atoms with E-state index in [2.05, 4.69) is 5.32 Å². The summed E-state index contributed by atoms with van der Waals surface area (Å²) in [4.78, 5) is 36.2. The van der Waals surface area contributed by atoms with E-state index in [0.717, 1.165) is 5.56 Å². The molecule has 1 aliphatic rings. The van der Waals surface area contributed by atoms with Crippen molar-refractivity contribution in [2.24, 2.45) is 0 Å². The standard InChI is InChI=1S/C23H20N2O8/c26-22(20-7-4-8-31-20)24-19(9-15-5-2-1-3-6-15)23(27)32-13-17-11-18(25(28)29)10-16-12-30-14-33-21(16)17/h1-8,10-11,19H,9,12-14H2,(H,24,26). The smallest absolute Gasteiger partial charge is 0.329 e. The summed E-state index contributed by atoms with van der Waals surface area (Å²) >= 11 is 0. The molecule has 10 nitrogen and oxygen atoms in total. The van der Waals surface area contributed by atoms with Crippen LogP contribution in [0.15, 0.2) is 65.3 Å². The molecule has 1 amide bonds. The zero-order chi connectivity index (χ0) is 23.2. The van der Waals surface area contributed by atoms with Crippen molar-refractivity contribution >= 4 is 17.6 Å². The number of nitro groups is 1. The number of hydrogen-bond donors (Lipinski definition) is 1. The van der Waals surface area contributed by atoms with Crippen LogP contribution < -0.4 is 10.1 Å². The highest BCUT2D eigenvalue weighted by Gasteiger charge is 2.26. The van der Waals surface area contributed by atoms with E-state index in [-0.39, 0.29) is 37.9 Å². The number of benzene rings is 2. The van der Waals surface area contributed by atoms with Crippen LogP contribution in [0.1, 0.15) is 27.2 Å². The van der Waals surface area contributed by atoms with Crippen LogP contribution in [0.25, 0.3) is 0 Å². The predicted molar refractivity (Wildman–Crippen MR) is 113 cm³/mol. The van der Waals surface area contributed by atoms with Crippen LogP contribution in [0.2, 0.25) is 0 Å². The summed E-state index contributed by atoms with van der Waals surface area (Å²) in [6.45, 7) is -0.139. The number of amides is 1. The Bertz CT molecular complexity index is 1140. The minimum atomic E-state index is -1.01. The fourth-order valence-electron chi connectivity index (χ4n) is 3.42. The van der Waals surface area contributed by atoms with Crippen molar-refractivity contribution in [2.45, 2.75) is 25.7 Å². The molecule has 0 fully saturated rings. The average molecular weight is 452 g/mol. The Kier molecular flexibility index (Phi) is 6.65. The maximum atomic E-state index is 12.9. The van der Waals surface area contributed by atoms with Gasteiger partial charge in [0.1, 0.15) is 18.4 Å². The summed E-state index contributed by atoms with van der Waals surface area (Å²) < 4.78 is 21.2. The Morgan fingerprint density at radius 2 is 1.97 bits per heavy atom. The lowest BCUT2D eigenvalue weighted by Gasteiger charge is -2.21. The van der Waals surface area contributed by atoms with Crippen molar-refractivity contribution in [1.29, 1.82) is 0 Å². The van der Waals surface area contributed by atoms with Crippen LogP contribution in [0.5, 0.6) is 5.75 Å². The van der Waals surface area contributed by atoms with Crippen LogP contribution in [-0.4, -0.2) is 29.6 Å². The van der Waals surface area contributed by atoms with E-state index in [1.54, 1.807) is 6.07 Å². The third-order valence-electron chi connectivity index (χ3n) is 4.97. The molecule has 1 N–H and O–H groups in total. The molecule has 33 heavy (non-hydrogen) atoms. The van der Waals surface area contributed by atoms with Gasteiger partial charge in [-0.2, -0.15) is 0 Å². The molecule has 0 aliphatic carbocycles. The number of rotatable bonds is 8. The largest absolute Gasteiger partial charge is 0.467 e. The van der Waals surface area contributed by atoms with Gasteiger partial charge in [0, 0.05) is 29.7 Å². The second kappa shape index (κ2) is 9.96. The molecule has 0 bridgehead atoms. The van der Waals surface area contributed by atoms with Crippen molar-refractivity contribution in [3.63, 3.8) is 0 Å². The minimum absolute atomic E-state index is 0.0123. The molecular formula is C23H20N2O8. The molecule has 2 heterocycles. The van der Waals surface area contributed by atoms with E-state index in [4.69, 9.17) is 18.6 Å². The van der Waals surface area contributed by atoms with Gasteiger partial charge in [0.2, 0.25) is 0 Å². The SMILES string of the molecule is O=C(NC(Cc1ccccc1)C(=O)OCc1cc([N+](=O)[O-])cc2c1OCOC2)c1ccco1. The van der Waals surface area contributed by atoms with Gasteiger partial charge in [-0.1, -0.05) is 30.3 Å². The van der Waals surface area contributed by atoms with E-state index in [1.807, 2.05) is 30.3 Å². The van der Waals surface area contributed by atoms with Gasteiger partial charge in [0.25, 0.3) is 11.6 Å².